The minimum absolute atomic E-state index is 0.00499. The monoisotopic (exact) mass is 302 g/mol. The first-order valence-corrected chi connectivity index (χ1v) is 7.00. The lowest BCUT2D eigenvalue weighted by molar-refractivity contribution is -0.136. The van der Waals surface area contributed by atoms with Crippen LogP contribution in [0.5, 0.6) is 0 Å². The summed E-state index contributed by atoms with van der Waals surface area (Å²) in [7, 11) is -3.01. The fourth-order valence-electron chi connectivity index (χ4n) is 1.32. The summed E-state index contributed by atoms with van der Waals surface area (Å²) in [5.41, 5.74) is 0.997. The summed E-state index contributed by atoms with van der Waals surface area (Å²) in [4.78, 5) is 21.2. The second kappa shape index (κ2) is 6.75. The van der Waals surface area contributed by atoms with E-state index in [1.807, 2.05) is 0 Å². The van der Waals surface area contributed by atoms with Crippen LogP contribution in [0.25, 0.3) is 0 Å². The smallest absolute Gasteiger partial charge is 0.422 e. The molecular formula is C11H14N2O6S. The Morgan fingerprint density at radius 1 is 1.25 bits per heavy atom. The van der Waals surface area contributed by atoms with Crippen molar-refractivity contribution in [3.63, 3.8) is 0 Å². The molecule has 8 nitrogen and oxygen atoms in total. The highest BCUT2D eigenvalue weighted by molar-refractivity contribution is 7.91. The number of nitrogens with one attached hydrogen (secondary N) is 2. The lowest BCUT2D eigenvalue weighted by Crippen LogP contribution is -2.35. The Labute approximate surface area is 115 Å². The average Bonchev–Trinajstić information content (AvgIpc) is 2.36. The van der Waals surface area contributed by atoms with E-state index in [-0.39, 0.29) is 12.1 Å². The molecule has 0 aromatic heterocycles. The van der Waals surface area contributed by atoms with Crippen LogP contribution in [-0.2, 0) is 26.2 Å². The molecule has 1 aromatic rings. The minimum atomic E-state index is -4.05. The Morgan fingerprint density at radius 2 is 1.85 bits per heavy atom. The second-order valence-corrected chi connectivity index (χ2v) is 5.20. The maximum absolute atomic E-state index is 11.5. The average molecular weight is 302 g/mol. The molecule has 0 aliphatic heterocycles. The summed E-state index contributed by atoms with van der Waals surface area (Å²) < 4.78 is 30.9. The van der Waals surface area contributed by atoms with E-state index >= 15 is 0 Å². The highest BCUT2D eigenvalue weighted by Crippen LogP contribution is 2.12. The molecule has 1 amide bonds. The molecule has 110 valence electrons. The number of carboxylic acids is 1. The first-order chi connectivity index (χ1) is 9.32. The molecule has 0 fully saturated rings. The topological polar surface area (TPSA) is 122 Å². The van der Waals surface area contributed by atoms with Crippen molar-refractivity contribution >= 4 is 28.0 Å². The zero-order valence-electron chi connectivity index (χ0n) is 10.6. The number of anilines is 1. The van der Waals surface area contributed by atoms with E-state index in [0.29, 0.717) is 6.42 Å². The number of carbonyl (C=O) groups is 2. The fraction of sp³-hybridized carbons (Fsp3) is 0.273. The molecule has 1 rings (SSSR count). The maximum Gasteiger partial charge on any atom is 0.422 e. The van der Waals surface area contributed by atoms with Crippen LogP contribution in [0.15, 0.2) is 24.3 Å². The molecule has 0 bridgehead atoms. The number of hydrogen-bond acceptors (Lipinski definition) is 5. The standard InChI is InChI=1S/C11H14N2O6S/c1-19-11(16)13-20(17,18)12-9-5-2-8(3-6-9)4-7-10(14)15/h2-3,5-6,12H,4,7H2,1H3,(H,13,16)(H,14,15). The second-order valence-electron chi connectivity index (χ2n) is 3.79. The zero-order chi connectivity index (χ0) is 15.2. The summed E-state index contributed by atoms with van der Waals surface area (Å²) in [6.45, 7) is 0. The molecule has 0 spiro atoms. The normalized spacial score (nSPS) is 10.7. The van der Waals surface area contributed by atoms with Gasteiger partial charge in [-0.05, 0) is 24.1 Å². The predicted octanol–water partition coefficient (Wildman–Crippen LogP) is 0.716. The van der Waals surface area contributed by atoms with Gasteiger partial charge in [-0.1, -0.05) is 12.1 Å². The third-order valence-corrected chi connectivity index (χ3v) is 3.18. The minimum Gasteiger partial charge on any atom is -0.481 e. The number of ether oxygens (including phenoxy) is 1. The van der Waals surface area contributed by atoms with E-state index in [1.165, 1.54) is 12.1 Å². The van der Waals surface area contributed by atoms with E-state index < -0.39 is 22.3 Å². The van der Waals surface area contributed by atoms with Gasteiger partial charge in [0.1, 0.15) is 0 Å². The summed E-state index contributed by atoms with van der Waals surface area (Å²) >= 11 is 0. The van der Waals surface area contributed by atoms with Crippen molar-refractivity contribution < 1.29 is 27.9 Å². The van der Waals surface area contributed by atoms with Crippen LogP contribution in [0, 0.1) is 0 Å². The van der Waals surface area contributed by atoms with Gasteiger partial charge in [0.2, 0.25) is 0 Å². The molecule has 3 N–H and O–H groups in total. The fourth-order valence-corrected chi connectivity index (χ4v) is 2.12. The molecule has 0 aliphatic rings. The Bertz CT molecular complexity index is 581. The van der Waals surface area contributed by atoms with E-state index in [0.717, 1.165) is 12.7 Å². The van der Waals surface area contributed by atoms with Crippen molar-refractivity contribution in [2.75, 3.05) is 11.8 Å². The maximum atomic E-state index is 11.5. The Hall–Kier alpha value is -2.29. The van der Waals surface area contributed by atoms with Crippen molar-refractivity contribution in [1.82, 2.24) is 4.72 Å². The van der Waals surface area contributed by atoms with Crippen LogP contribution in [0.3, 0.4) is 0 Å². The number of rotatable bonds is 6. The number of aliphatic carboxylic acids is 1. The number of aryl methyl sites for hydroxylation is 1. The van der Waals surface area contributed by atoms with Crippen LogP contribution in [0.4, 0.5) is 10.5 Å². The van der Waals surface area contributed by atoms with Crippen molar-refractivity contribution in [3.05, 3.63) is 29.8 Å². The Kier molecular flexibility index (Phi) is 5.32. The molecule has 20 heavy (non-hydrogen) atoms. The van der Waals surface area contributed by atoms with Crippen molar-refractivity contribution in [2.45, 2.75) is 12.8 Å². The van der Waals surface area contributed by atoms with Crippen molar-refractivity contribution in [3.8, 4) is 0 Å². The third-order valence-electron chi connectivity index (χ3n) is 2.24. The molecule has 0 unspecified atom stereocenters. The van der Waals surface area contributed by atoms with E-state index in [1.54, 1.807) is 16.9 Å². The molecule has 0 aliphatic carbocycles. The van der Waals surface area contributed by atoms with E-state index in [2.05, 4.69) is 9.46 Å². The van der Waals surface area contributed by atoms with Crippen LogP contribution in [-0.4, -0.2) is 32.7 Å². The first kappa shape index (κ1) is 15.8. The van der Waals surface area contributed by atoms with Gasteiger partial charge in [-0.2, -0.15) is 8.42 Å². The van der Waals surface area contributed by atoms with Gasteiger partial charge in [-0.15, -0.1) is 0 Å². The lowest BCUT2D eigenvalue weighted by Gasteiger charge is -2.08. The van der Waals surface area contributed by atoms with Gasteiger partial charge in [-0.25, -0.2) is 9.52 Å². The number of hydrogen-bond donors (Lipinski definition) is 3. The molecule has 0 heterocycles. The van der Waals surface area contributed by atoms with Crippen LogP contribution in [0.1, 0.15) is 12.0 Å². The zero-order valence-corrected chi connectivity index (χ0v) is 11.4. The van der Waals surface area contributed by atoms with Crippen LogP contribution < -0.4 is 9.44 Å². The van der Waals surface area contributed by atoms with Crippen molar-refractivity contribution in [2.24, 2.45) is 0 Å². The molecule has 0 saturated carbocycles. The van der Waals surface area contributed by atoms with Crippen molar-refractivity contribution in [1.29, 1.82) is 0 Å². The lowest BCUT2D eigenvalue weighted by atomic mass is 10.1. The molecule has 0 saturated heterocycles. The SMILES string of the molecule is COC(=O)NS(=O)(=O)Nc1ccc(CCC(=O)O)cc1. The molecule has 0 radical (unpaired) electrons. The van der Waals surface area contributed by atoms with Gasteiger partial charge in [0.25, 0.3) is 0 Å². The molecular weight excluding hydrogens is 288 g/mol. The number of benzene rings is 1. The van der Waals surface area contributed by atoms with Gasteiger partial charge in [0, 0.05) is 6.42 Å². The van der Waals surface area contributed by atoms with Gasteiger partial charge in [-0.3, -0.25) is 9.52 Å². The summed E-state index contributed by atoms with van der Waals surface area (Å²) in [6, 6.07) is 6.12. The van der Waals surface area contributed by atoms with Gasteiger partial charge >= 0.3 is 22.3 Å². The predicted molar refractivity (Wildman–Crippen MR) is 70.5 cm³/mol. The highest BCUT2D eigenvalue weighted by Gasteiger charge is 2.14. The third kappa shape index (κ3) is 5.57. The number of methoxy groups -OCH3 is 1. The highest BCUT2D eigenvalue weighted by atomic mass is 32.2. The van der Waals surface area contributed by atoms with Gasteiger partial charge in [0.15, 0.2) is 0 Å². The number of amides is 1. The number of carboxylic acid groups (broad SMARTS) is 1. The number of carbonyl (C=O) groups excluding carboxylic acids is 1. The largest absolute Gasteiger partial charge is 0.481 e. The van der Waals surface area contributed by atoms with Crippen LogP contribution in [0.2, 0.25) is 0 Å². The Morgan fingerprint density at radius 3 is 2.35 bits per heavy atom. The quantitative estimate of drug-likeness (QED) is 0.711. The summed E-state index contributed by atoms with van der Waals surface area (Å²) in [5, 5.41) is 8.55. The molecule has 0 atom stereocenters. The van der Waals surface area contributed by atoms with E-state index in [9.17, 15) is 18.0 Å². The summed E-state index contributed by atoms with van der Waals surface area (Å²) in [5.74, 6) is -0.906. The summed E-state index contributed by atoms with van der Waals surface area (Å²) in [6.07, 6.45) is -0.756. The van der Waals surface area contributed by atoms with E-state index in [4.69, 9.17) is 5.11 Å². The van der Waals surface area contributed by atoms with Gasteiger partial charge in [0.05, 0.1) is 12.8 Å². The van der Waals surface area contributed by atoms with Crippen LogP contribution >= 0.6 is 0 Å². The Balaban J connectivity index is 2.65. The first-order valence-electron chi connectivity index (χ1n) is 5.51. The molecule has 9 heteroatoms. The van der Waals surface area contributed by atoms with Gasteiger partial charge < -0.3 is 9.84 Å². The molecule has 1 aromatic carbocycles.